The van der Waals surface area contributed by atoms with Gasteiger partial charge in [0, 0.05) is 25.7 Å². The van der Waals surface area contributed by atoms with Crippen molar-refractivity contribution in [2.45, 2.75) is 34.1 Å². The van der Waals surface area contributed by atoms with Crippen molar-refractivity contribution in [2.75, 3.05) is 23.8 Å². The Kier molecular flexibility index (Phi) is 5.32. The van der Waals surface area contributed by atoms with E-state index < -0.39 is 0 Å². The van der Waals surface area contributed by atoms with Crippen LogP contribution in [0.3, 0.4) is 0 Å². The lowest BCUT2D eigenvalue weighted by atomic mass is 10.1. The molecule has 0 fully saturated rings. The summed E-state index contributed by atoms with van der Waals surface area (Å²) < 4.78 is 0. The highest BCUT2D eigenvalue weighted by Gasteiger charge is 2.11. The van der Waals surface area contributed by atoms with Crippen LogP contribution in [0.25, 0.3) is 0 Å². The van der Waals surface area contributed by atoms with Gasteiger partial charge in [0.05, 0.1) is 0 Å². The molecule has 0 spiro atoms. The fraction of sp³-hybridized carbons (Fsp3) is 0.389. The second-order valence-electron chi connectivity index (χ2n) is 5.80. The molecule has 0 bridgehead atoms. The van der Waals surface area contributed by atoms with Crippen LogP contribution >= 0.6 is 0 Å². The molecule has 122 valence electrons. The third-order valence-electron chi connectivity index (χ3n) is 3.64. The maximum atomic E-state index is 4.54. The minimum atomic E-state index is 0.581. The smallest absolute Gasteiger partial charge is 0.232 e. The van der Waals surface area contributed by atoms with Crippen LogP contribution in [0.5, 0.6) is 0 Å². The summed E-state index contributed by atoms with van der Waals surface area (Å²) in [5, 5.41) is 3.37. The summed E-state index contributed by atoms with van der Waals surface area (Å²) in [6, 6.07) is 4.31. The second kappa shape index (κ2) is 7.22. The first-order chi connectivity index (χ1) is 10.9. The molecule has 0 aliphatic carbocycles. The molecule has 0 unspecified atom stereocenters. The van der Waals surface area contributed by atoms with Crippen molar-refractivity contribution >= 4 is 17.6 Å². The number of rotatable bonds is 6. The van der Waals surface area contributed by atoms with Gasteiger partial charge in [-0.15, -0.1) is 6.58 Å². The van der Waals surface area contributed by atoms with E-state index in [2.05, 4.69) is 59.8 Å². The Morgan fingerprint density at radius 2 is 1.78 bits per heavy atom. The number of anilines is 3. The number of nitrogens with one attached hydrogen (secondary N) is 1. The Morgan fingerprint density at radius 3 is 2.35 bits per heavy atom. The molecule has 0 aliphatic heterocycles. The van der Waals surface area contributed by atoms with Crippen LogP contribution in [0.2, 0.25) is 0 Å². The van der Waals surface area contributed by atoms with Crippen molar-refractivity contribution in [3.63, 3.8) is 0 Å². The lowest BCUT2D eigenvalue weighted by molar-refractivity contribution is 0.857. The number of aromatic nitrogens is 3. The monoisotopic (exact) mass is 311 g/mol. The second-order valence-corrected chi connectivity index (χ2v) is 5.80. The maximum Gasteiger partial charge on any atom is 0.232 e. The highest BCUT2D eigenvalue weighted by Crippen LogP contribution is 2.25. The van der Waals surface area contributed by atoms with Gasteiger partial charge in [0.15, 0.2) is 0 Å². The Hall–Kier alpha value is -2.43. The van der Waals surface area contributed by atoms with Crippen molar-refractivity contribution in [2.24, 2.45) is 0 Å². The molecule has 0 atom stereocenters. The molecular weight excluding hydrogens is 286 g/mol. The summed E-state index contributed by atoms with van der Waals surface area (Å²) in [6.07, 6.45) is 2.59. The molecule has 2 rings (SSSR count). The van der Waals surface area contributed by atoms with E-state index in [9.17, 15) is 0 Å². The Morgan fingerprint density at radius 1 is 1.13 bits per heavy atom. The fourth-order valence-electron chi connectivity index (χ4n) is 2.56. The molecule has 0 saturated heterocycles. The van der Waals surface area contributed by atoms with Crippen LogP contribution < -0.4 is 10.2 Å². The van der Waals surface area contributed by atoms with Crippen molar-refractivity contribution in [1.29, 1.82) is 0 Å². The van der Waals surface area contributed by atoms with Crippen molar-refractivity contribution in [3.8, 4) is 0 Å². The van der Waals surface area contributed by atoms with E-state index >= 15 is 0 Å². The van der Waals surface area contributed by atoms with Gasteiger partial charge < -0.3 is 10.2 Å². The molecule has 0 aliphatic rings. The van der Waals surface area contributed by atoms with Gasteiger partial charge in [0.2, 0.25) is 11.9 Å². The van der Waals surface area contributed by atoms with Gasteiger partial charge in [-0.3, -0.25) is 0 Å². The molecule has 5 heteroatoms. The zero-order valence-electron chi connectivity index (χ0n) is 14.6. The maximum absolute atomic E-state index is 4.54. The van der Waals surface area contributed by atoms with E-state index in [4.69, 9.17) is 0 Å². The van der Waals surface area contributed by atoms with Crippen LogP contribution in [-0.4, -0.2) is 28.5 Å². The summed E-state index contributed by atoms with van der Waals surface area (Å²) >= 11 is 0. The van der Waals surface area contributed by atoms with Gasteiger partial charge in [0.1, 0.15) is 5.82 Å². The molecule has 1 aromatic heterocycles. The van der Waals surface area contributed by atoms with Crippen LogP contribution in [-0.2, 0) is 6.42 Å². The highest BCUT2D eigenvalue weighted by atomic mass is 15.3. The SMILES string of the molecule is C=CCN(C)c1nc(CC)nc(Nc2c(C)cc(C)cc2C)n1. The van der Waals surface area contributed by atoms with Crippen LogP contribution in [0, 0.1) is 20.8 Å². The van der Waals surface area contributed by atoms with E-state index in [-0.39, 0.29) is 0 Å². The molecule has 2 aromatic rings. The van der Waals surface area contributed by atoms with E-state index in [0.29, 0.717) is 18.4 Å². The largest absolute Gasteiger partial charge is 0.340 e. The fourth-order valence-corrected chi connectivity index (χ4v) is 2.56. The van der Waals surface area contributed by atoms with E-state index in [1.165, 1.54) is 16.7 Å². The van der Waals surface area contributed by atoms with Gasteiger partial charge in [-0.2, -0.15) is 15.0 Å². The first-order valence-corrected chi connectivity index (χ1v) is 7.86. The number of nitrogens with zero attached hydrogens (tertiary/aromatic N) is 4. The Labute approximate surface area is 138 Å². The van der Waals surface area contributed by atoms with Crippen molar-refractivity contribution in [3.05, 3.63) is 47.3 Å². The minimum Gasteiger partial charge on any atom is -0.340 e. The molecule has 0 radical (unpaired) electrons. The number of hydrogen-bond donors (Lipinski definition) is 1. The van der Waals surface area contributed by atoms with Crippen LogP contribution in [0.1, 0.15) is 29.4 Å². The first-order valence-electron chi connectivity index (χ1n) is 7.86. The zero-order valence-corrected chi connectivity index (χ0v) is 14.6. The summed E-state index contributed by atoms with van der Waals surface area (Å²) in [5.74, 6) is 2.01. The average Bonchev–Trinajstić information content (AvgIpc) is 2.50. The molecular formula is C18H25N5. The molecule has 1 N–H and O–H groups in total. The van der Waals surface area contributed by atoms with E-state index in [1.807, 2.05) is 24.9 Å². The van der Waals surface area contributed by atoms with Crippen LogP contribution in [0.4, 0.5) is 17.6 Å². The first kappa shape index (κ1) is 16.9. The van der Waals surface area contributed by atoms with E-state index in [1.54, 1.807) is 0 Å². The number of likely N-dealkylation sites (N-methyl/N-ethyl adjacent to an activating group) is 1. The number of hydrogen-bond acceptors (Lipinski definition) is 5. The van der Waals surface area contributed by atoms with Crippen molar-refractivity contribution < 1.29 is 0 Å². The molecule has 1 heterocycles. The van der Waals surface area contributed by atoms with Gasteiger partial charge in [-0.05, 0) is 31.9 Å². The normalized spacial score (nSPS) is 10.5. The predicted molar refractivity (Wildman–Crippen MR) is 96.6 cm³/mol. The van der Waals surface area contributed by atoms with Gasteiger partial charge in [0.25, 0.3) is 0 Å². The predicted octanol–water partition coefficient (Wildman–Crippen LogP) is 3.73. The Balaban J connectivity index is 2.40. The average molecular weight is 311 g/mol. The molecule has 0 saturated carbocycles. The Bertz CT molecular complexity index is 686. The zero-order chi connectivity index (χ0) is 17.0. The molecule has 1 aromatic carbocycles. The van der Waals surface area contributed by atoms with E-state index in [0.717, 1.165) is 17.9 Å². The van der Waals surface area contributed by atoms with Crippen LogP contribution in [0.15, 0.2) is 24.8 Å². The molecule has 5 nitrogen and oxygen atoms in total. The summed E-state index contributed by atoms with van der Waals surface area (Å²) in [4.78, 5) is 15.5. The number of aryl methyl sites for hydroxylation is 4. The topological polar surface area (TPSA) is 53.9 Å². The quantitative estimate of drug-likeness (QED) is 0.824. The van der Waals surface area contributed by atoms with Gasteiger partial charge >= 0.3 is 0 Å². The summed E-state index contributed by atoms with van der Waals surface area (Å²) in [7, 11) is 1.95. The van der Waals surface area contributed by atoms with Crippen molar-refractivity contribution in [1.82, 2.24) is 15.0 Å². The van der Waals surface area contributed by atoms with Gasteiger partial charge in [-0.1, -0.05) is 30.7 Å². The van der Waals surface area contributed by atoms with Gasteiger partial charge in [-0.25, -0.2) is 0 Å². The third kappa shape index (κ3) is 4.06. The number of benzene rings is 1. The highest BCUT2D eigenvalue weighted by molar-refractivity contribution is 5.64. The lowest BCUT2D eigenvalue weighted by Crippen LogP contribution is -2.21. The third-order valence-corrected chi connectivity index (χ3v) is 3.64. The minimum absolute atomic E-state index is 0.581. The molecule has 0 amide bonds. The summed E-state index contributed by atoms with van der Waals surface area (Å²) in [5.41, 5.74) is 4.67. The lowest BCUT2D eigenvalue weighted by Gasteiger charge is -2.17. The summed E-state index contributed by atoms with van der Waals surface area (Å²) in [6.45, 7) is 12.8. The molecule has 23 heavy (non-hydrogen) atoms. The standard InChI is InChI=1S/C18H25N5/c1-7-9-23(6)18-20-15(8-2)19-17(22-18)21-16-13(4)10-12(3)11-14(16)5/h7,10-11H,1,8-9H2,2-6H3,(H,19,20,21,22).